The highest BCUT2D eigenvalue weighted by atomic mass is 16.3. The quantitative estimate of drug-likeness (QED) is 0.177. The first kappa shape index (κ1) is 31.6. The molecule has 8 aromatic carbocycles. The molecule has 5 nitrogen and oxygen atoms in total. The lowest BCUT2D eigenvalue weighted by Gasteiger charge is -2.14. The van der Waals surface area contributed by atoms with Gasteiger partial charge in [-0.1, -0.05) is 158 Å². The zero-order chi connectivity index (χ0) is 37.5. The third-order valence-corrected chi connectivity index (χ3v) is 11.3. The van der Waals surface area contributed by atoms with Gasteiger partial charge in [-0.3, -0.25) is 4.57 Å². The third-order valence-electron chi connectivity index (χ3n) is 11.3. The molecule has 0 spiro atoms. The maximum absolute atomic E-state index is 6.52. The predicted molar refractivity (Wildman–Crippen MR) is 234 cm³/mol. The van der Waals surface area contributed by atoms with E-state index >= 15 is 0 Å². The van der Waals surface area contributed by atoms with Crippen LogP contribution in [0.1, 0.15) is 0 Å². The molecule has 0 unspecified atom stereocenters. The topological polar surface area (TPSA) is 48.8 Å². The number of hydrogen-bond acceptors (Lipinski definition) is 3. The van der Waals surface area contributed by atoms with Gasteiger partial charge in [0.15, 0.2) is 0 Å². The van der Waals surface area contributed by atoms with E-state index in [9.17, 15) is 0 Å². The molecule has 0 bridgehead atoms. The van der Waals surface area contributed by atoms with Crippen molar-refractivity contribution in [2.45, 2.75) is 0 Å². The van der Waals surface area contributed by atoms with Crippen molar-refractivity contribution in [1.82, 2.24) is 19.1 Å². The number of nitrogens with zero attached hydrogens (tertiary/aromatic N) is 4. The fraction of sp³-hybridized carbons (Fsp3) is 0. The van der Waals surface area contributed by atoms with Crippen molar-refractivity contribution in [3.63, 3.8) is 0 Å². The van der Waals surface area contributed by atoms with Crippen LogP contribution in [0.4, 0.5) is 0 Å². The van der Waals surface area contributed by atoms with Crippen LogP contribution in [0, 0.1) is 0 Å². The number of furan rings is 1. The second kappa shape index (κ2) is 12.4. The number of aromatic nitrogens is 4. The van der Waals surface area contributed by atoms with Gasteiger partial charge in [0, 0.05) is 54.7 Å². The van der Waals surface area contributed by atoms with Crippen molar-refractivity contribution in [1.29, 1.82) is 0 Å². The molecular weight excluding hydrogens is 697 g/mol. The predicted octanol–water partition coefficient (Wildman–Crippen LogP) is 13.6. The summed E-state index contributed by atoms with van der Waals surface area (Å²) < 4.78 is 11.2. The Morgan fingerprint density at radius 3 is 1.58 bits per heavy atom. The maximum Gasteiger partial charge on any atom is 0.235 e. The van der Waals surface area contributed by atoms with Gasteiger partial charge in [0.1, 0.15) is 11.2 Å². The first-order valence-corrected chi connectivity index (χ1v) is 19.3. The standard InChI is InChI=1S/C52H32N4O/c1-3-15-33(16-4-1)44-32-45(34-17-5-2-6-18-34)54-52(53-44)56-47-27-11-8-22-39(47)42-30-29-41-38-21-7-10-26-46(38)55(49(41)50(42)56)36-20-13-19-35(31-36)37-24-14-25-43-40-23-9-12-28-48(40)57-51(37)43/h1-32H. The molecule has 266 valence electrons. The normalized spacial score (nSPS) is 11.9. The molecular formula is C52H32N4O. The summed E-state index contributed by atoms with van der Waals surface area (Å²) in [6.45, 7) is 0. The third kappa shape index (κ3) is 4.82. The largest absolute Gasteiger partial charge is 0.455 e. The Morgan fingerprint density at radius 2 is 0.895 bits per heavy atom. The Kier molecular flexibility index (Phi) is 6.86. The SMILES string of the molecule is c1ccc(-c2cc(-c3ccccc3)nc(-n3c4ccccc4c4ccc5c6ccccc6n(-c6cccc(-c7cccc8c7oc7ccccc78)c6)c5c43)n2)cc1. The number of hydrogen-bond donors (Lipinski definition) is 0. The first-order valence-electron chi connectivity index (χ1n) is 19.3. The van der Waals surface area contributed by atoms with Gasteiger partial charge < -0.3 is 8.98 Å². The molecule has 12 rings (SSSR count). The van der Waals surface area contributed by atoms with Gasteiger partial charge in [-0.2, -0.15) is 0 Å². The summed E-state index contributed by atoms with van der Waals surface area (Å²) >= 11 is 0. The summed E-state index contributed by atoms with van der Waals surface area (Å²) in [6.07, 6.45) is 0. The van der Waals surface area contributed by atoms with Crippen LogP contribution in [0.2, 0.25) is 0 Å². The number of para-hydroxylation sites is 4. The molecule has 57 heavy (non-hydrogen) atoms. The molecule has 4 heterocycles. The summed E-state index contributed by atoms with van der Waals surface area (Å²) in [5.41, 5.74) is 13.1. The van der Waals surface area contributed by atoms with Crippen molar-refractivity contribution >= 4 is 65.6 Å². The van der Waals surface area contributed by atoms with Crippen molar-refractivity contribution in [2.75, 3.05) is 0 Å². The van der Waals surface area contributed by atoms with E-state index in [-0.39, 0.29) is 0 Å². The van der Waals surface area contributed by atoms with E-state index in [4.69, 9.17) is 14.4 Å². The smallest absolute Gasteiger partial charge is 0.235 e. The minimum atomic E-state index is 0.621. The van der Waals surface area contributed by atoms with E-state index in [1.807, 2.05) is 24.3 Å². The van der Waals surface area contributed by atoms with Crippen molar-refractivity contribution < 1.29 is 4.42 Å². The molecule has 0 aliphatic heterocycles. The van der Waals surface area contributed by atoms with Crippen molar-refractivity contribution in [3.8, 4) is 45.3 Å². The monoisotopic (exact) mass is 728 g/mol. The average Bonchev–Trinajstić information content (AvgIpc) is 3.95. The summed E-state index contributed by atoms with van der Waals surface area (Å²) in [6, 6.07) is 68.3. The number of benzene rings is 8. The molecule has 0 atom stereocenters. The van der Waals surface area contributed by atoms with E-state index in [2.05, 4.69) is 179 Å². The van der Waals surface area contributed by atoms with E-state index in [1.165, 1.54) is 5.39 Å². The zero-order valence-corrected chi connectivity index (χ0v) is 30.7. The summed E-state index contributed by atoms with van der Waals surface area (Å²) in [7, 11) is 0. The molecule has 0 aliphatic rings. The zero-order valence-electron chi connectivity index (χ0n) is 30.7. The Labute approximate surface area is 327 Å². The van der Waals surface area contributed by atoms with Crippen LogP contribution in [0.15, 0.2) is 199 Å². The number of rotatable bonds is 5. The van der Waals surface area contributed by atoms with E-state index in [0.717, 1.165) is 99.5 Å². The average molecular weight is 729 g/mol. The van der Waals surface area contributed by atoms with Crippen LogP contribution in [0.3, 0.4) is 0 Å². The van der Waals surface area contributed by atoms with Gasteiger partial charge in [0.2, 0.25) is 5.95 Å². The fourth-order valence-electron chi connectivity index (χ4n) is 8.81. The Hall–Kier alpha value is -7.76. The number of fused-ring (bicyclic) bond motifs is 10. The van der Waals surface area contributed by atoms with Crippen LogP contribution in [-0.4, -0.2) is 19.1 Å². The van der Waals surface area contributed by atoms with Crippen LogP contribution < -0.4 is 0 Å². The van der Waals surface area contributed by atoms with Crippen LogP contribution in [-0.2, 0) is 0 Å². The minimum Gasteiger partial charge on any atom is -0.455 e. The van der Waals surface area contributed by atoms with Crippen LogP contribution in [0.5, 0.6) is 0 Å². The molecule has 0 saturated carbocycles. The summed E-state index contributed by atoms with van der Waals surface area (Å²) in [5.74, 6) is 0.621. The van der Waals surface area contributed by atoms with Gasteiger partial charge in [0.25, 0.3) is 0 Å². The van der Waals surface area contributed by atoms with E-state index in [1.54, 1.807) is 0 Å². The molecule has 0 N–H and O–H groups in total. The second-order valence-electron chi connectivity index (χ2n) is 14.6. The lowest BCUT2D eigenvalue weighted by molar-refractivity contribution is 0.670. The van der Waals surface area contributed by atoms with Crippen LogP contribution >= 0.6 is 0 Å². The summed E-state index contributed by atoms with van der Waals surface area (Å²) in [4.78, 5) is 10.7. The van der Waals surface area contributed by atoms with Gasteiger partial charge in [-0.25, -0.2) is 9.97 Å². The highest BCUT2D eigenvalue weighted by molar-refractivity contribution is 6.23. The van der Waals surface area contributed by atoms with Gasteiger partial charge in [0.05, 0.1) is 33.5 Å². The molecule has 0 radical (unpaired) electrons. The molecule has 5 heteroatoms. The molecule has 0 fully saturated rings. The fourth-order valence-corrected chi connectivity index (χ4v) is 8.81. The van der Waals surface area contributed by atoms with Gasteiger partial charge in [-0.05, 0) is 42.0 Å². The molecule has 0 aliphatic carbocycles. The Morgan fingerprint density at radius 1 is 0.368 bits per heavy atom. The van der Waals surface area contributed by atoms with Gasteiger partial charge >= 0.3 is 0 Å². The first-order chi connectivity index (χ1) is 28.3. The van der Waals surface area contributed by atoms with Crippen molar-refractivity contribution in [3.05, 3.63) is 194 Å². The lowest BCUT2D eigenvalue weighted by Crippen LogP contribution is -2.05. The molecule has 12 aromatic rings. The highest BCUT2D eigenvalue weighted by Gasteiger charge is 2.23. The molecule has 0 saturated heterocycles. The van der Waals surface area contributed by atoms with Crippen LogP contribution in [0.25, 0.3) is 111 Å². The second-order valence-corrected chi connectivity index (χ2v) is 14.6. The van der Waals surface area contributed by atoms with E-state index in [0.29, 0.717) is 5.95 Å². The highest BCUT2D eigenvalue weighted by Crippen LogP contribution is 2.43. The minimum absolute atomic E-state index is 0.621. The van der Waals surface area contributed by atoms with Gasteiger partial charge in [-0.15, -0.1) is 0 Å². The van der Waals surface area contributed by atoms with Crippen molar-refractivity contribution in [2.24, 2.45) is 0 Å². The molecule has 0 amide bonds. The van der Waals surface area contributed by atoms with E-state index < -0.39 is 0 Å². The molecule has 4 aromatic heterocycles. The Balaban J connectivity index is 1.18. The summed E-state index contributed by atoms with van der Waals surface area (Å²) in [5, 5.41) is 6.86. The Bertz CT molecular complexity index is 3460. The lowest BCUT2D eigenvalue weighted by atomic mass is 10.0. The maximum atomic E-state index is 6.52.